The molecule has 210 valence electrons. The average Bonchev–Trinajstić information content (AvgIpc) is 2.84. The zero-order valence-electron chi connectivity index (χ0n) is 21.9. The Hall–Kier alpha value is -2.03. The van der Waals surface area contributed by atoms with E-state index in [0.29, 0.717) is 78.3 Å². The van der Waals surface area contributed by atoms with Crippen molar-refractivity contribution in [2.75, 3.05) is 78.5 Å². The van der Waals surface area contributed by atoms with Gasteiger partial charge < -0.3 is 37.2 Å². The Kier molecular flexibility index (Phi) is 14.7. The van der Waals surface area contributed by atoms with Crippen LogP contribution in [0, 0.1) is 0 Å². The summed E-state index contributed by atoms with van der Waals surface area (Å²) in [6, 6.07) is 0. The van der Waals surface area contributed by atoms with E-state index in [0.717, 1.165) is 13.1 Å². The molecule has 0 unspecified atom stereocenters. The van der Waals surface area contributed by atoms with Gasteiger partial charge in [-0.1, -0.05) is 0 Å². The summed E-state index contributed by atoms with van der Waals surface area (Å²) in [5, 5.41) is 25.2. The number of aliphatic imine (C=N–C) groups is 1. The number of hydrogen-bond acceptors (Lipinski definition) is 11. The number of amides is 3. The van der Waals surface area contributed by atoms with Crippen LogP contribution in [0.4, 0.5) is 0 Å². The van der Waals surface area contributed by atoms with Crippen LogP contribution < -0.4 is 48.1 Å². The summed E-state index contributed by atoms with van der Waals surface area (Å²) >= 11 is 4.52. The van der Waals surface area contributed by atoms with Crippen LogP contribution in [0.2, 0.25) is 0 Å². The van der Waals surface area contributed by atoms with Crippen LogP contribution in [0.25, 0.3) is 0 Å². The van der Waals surface area contributed by atoms with Gasteiger partial charge in [-0.3, -0.25) is 25.2 Å². The second-order valence-electron chi connectivity index (χ2n) is 9.73. The van der Waals surface area contributed by atoms with Crippen LogP contribution in [0.1, 0.15) is 32.6 Å². The maximum atomic E-state index is 12.9. The Bertz CT molecular complexity index is 762. The zero-order chi connectivity index (χ0) is 26.8. The number of fused-ring (bicyclic) bond motifs is 5. The minimum absolute atomic E-state index is 0.0776. The Labute approximate surface area is 224 Å². The molecule has 13 nitrogen and oxygen atoms in total. The molecule has 0 spiro atoms. The van der Waals surface area contributed by atoms with Gasteiger partial charge in [-0.25, -0.2) is 4.99 Å². The van der Waals surface area contributed by atoms with Crippen LogP contribution in [0.5, 0.6) is 0 Å². The number of thiocarbonyl (C=S) groups is 1. The quantitative estimate of drug-likeness (QED) is 0.0789. The van der Waals surface area contributed by atoms with Gasteiger partial charge in [-0.15, -0.1) is 0 Å². The van der Waals surface area contributed by atoms with Crippen LogP contribution in [0.3, 0.4) is 0 Å². The van der Waals surface area contributed by atoms with Gasteiger partial charge in [-0.05, 0) is 25.1 Å². The molecule has 0 saturated carbocycles. The summed E-state index contributed by atoms with van der Waals surface area (Å²) in [5.41, 5.74) is 5.43. The van der Waals surface area contributed by atoms with Crippen molar-refractivity contribution in [1.82, 2.24) is 48.1 Å². The molecule has 2 heterocycles. The standard InChI is InChI=1S/C23H44N10O3S/c1-19(34)32-22-12-24-8-10-26-14-23(17-31-30-16-22,15-27-11-9-25-13-22)33-21(36)5-2-4-20(35)29-7-3-6-28-18-37/h24-27,30-31H,2-17H2,1H3,(H,29,35)(H,32,34)(H,33,36)/t22-,23+. The number of nitrogens with zero attached hydrogens (tertiary/aromatic N) is 1. The maximum Gasteiger partial charge on any atom is 0.220 e. The first-order valence-corrected chi connectivity index (χ1v) is 13.5. The fourth-order valence-electron chi connectivity index (χ4n) is 4.43. The third-order valence-electron chi connectivity index (χ3n) is 6.28. The van der Waals surface area contributed by atoms with Crippen molar-refractivity contribution in [3.05, 3.63) is 0 Å². The number of carbonyl (C=O) groups is 3. The maximum absolute atomic E-state index is 12.9. The van der Waals surface area contributed by atoms with E-state index < -0.39 is 11.1 Å². The van der Waals surface area contributed by atoms with Gasteiger partial charge in [0, 0.05) is 91.8 Å². The Morgan fingerprint density at radius 1 is 0.784 bits per heavy atom. The SMILES string of the molecule is CC(=O)N[C@]12CNCCNC[C@](NC(=O)CCCC(=O)NCCCN=C=S)(CNCCNC1)CNNC2. The molecule has 2 aliphatic heterocycles. The molecule has 3 amide bonds. The van der Waals surface area contributed by atoms with E-state index in [9.17, 15) is 14.4 Å². The van der Waals surface area contributed by atoms with Crippen LogP contribution in [0.15, 0.2) is 4.99 Å². The Morgan fingerprint density at radius 2 is 1.30 bits per heavy atom. The summed E-state index contributed by atoms with van der Waals surface area (Å²) < 4.78 is 0. The molecule has 0 aliphatic carbocycles. The van der Waals surface area contributed by atoms with E-state index >= 15 is 0 Å². The van der Waals surface area contributed by atoms with E-state index in [-0.39, 0.29) is 30.6 Å². The Morgan fingerprint density at radius 3 is 1.81 bits per heavy atom. The average molecular weight is 541 g/mol. The van der Waals surface area contributed by atoms with Crippen LogP contribution >= 0.6 is 12.2 Å². The van der Waals surface area contributed by atoms with Crippen molar-refractivity contribution >= 4 is 35.1 Å². The summed E-state index contributed by atoms with van der Waals surface area (Å²) in [6.07, 6.45) is 1.71. The summed E-state index contributed by atoms with van der Waals surface area (Å²) in [5.74, 6) is -0.265. The molecule has 0 aromatic heterocycles. The number of isothiocyanates is 1. The van der Waals surface area contributed by atoms with Crippen molar-refractivity contribution in [3.8, 4) is 0 Å². The molecule has 2 fully saturated rings. The minimum Gasteiger partial charge on any atom is -0.356 e. The molecule has 9 N–H and O–H groups in total. The molecule has 2 saturated heterocycles. The highest BCUT2D eigenvalue weighted by atomic mass is 32.1. The summed E-state index contributed by atoms with van der Waals surface area (Å²) in [6.45, 7) is 8.79. The molecular weight excluding hydrogens is 496 g/mol. The third-order valence-corrected chi connectivity index (χ3v) is 6.41. The lowest BCUT2D eigenvalue weighted by Gasteiger charge is -2.40. The van der Waals surface area contributed by atoms with E-state index in [4.69, 9.17) is 0 Å². The highest BCUT2D eigenvalue weighted by Gasteiger charge is 2.34. The second kappa shape index (κ2) is 17.5. The lowest BCUT2D eigenvalue weighted by atomic mass is 9.96. The van der Waals surface area contributed by atoms with E-state index in [1.54, 1.807) is 0 Å². The molecule has 2 aliphatic rings. The van der Waals surface area contributed by atoms with Crippen LogP contribution in [-0.4, -0.2) is 112 Å². The van der Waals surface area contributed by atoms with Gasteiger partial charge in [0.15, 0.2) is 0 Å². The summed E-state index contributed by atoms with van der Waals surface area (Å²) in [7, 11) is 0. The molecule has 0 aromatic rings. The molecule has 0 aromatic carbocycles. The molecular formula is C23H44N10O3S. The van der Waals surface area contributed by atoms with Gasteiger partial charge in [-0.2, -0.15) is 0 Å². The predicted octanol–water partition coefficient (Wildman–Crippen LogP) is -3.02. The van der Waals surface area contributed by atoms with Gasteiger partial charge in [0.2, 0.25) is 17.7 Å². The largest absolute Gasteiger partial charge is 0.356 e. The highest BCUT2D eigenvalue weighted by molar-refractivity contribution is 7.78. The molecule has 2 bridgehead atoms. The lowest BCUT2D eigenvalue weighted by molar-refractivity contribution is -0.124. The number of nitrogens with one attached hydrogen (secondary N) is 9. The number of hydrazine groups is 1. The van der Waals surface area contributed by atoms with Gasteiger partial charge in [0.1, 0.15) is 0 Å². The molecule has 2 rings (SSSR count). The van der Waals surface area contributed by atoms with Crippen molar-refractivity contribution < 1.29 is 14.4 Å². The van der Waals surface area contributed by atoms with Gasteiger partial charge >= 0.3 is 0 Å². The van der Waals surface area contributed by atoms with Crippen molar-refractivity contribution in [3.63, 3.8) is 0 Å². The second-order valence-corrected chi connectivity index (χ2v) is 9.92. The van der Waals surface area contributed by atoms with E-state index in [1.165, 1.54) is 6.92 Å². The van der Waals surface area contributed by atoms with E-state index in [2.05, 4.69) is 70.4 Å². The first-order chi connectivity index (χ1) is 17.9. The first-order valence-electron chi connectivity index (χ1n) is 13.1. The van der Waals surface area contributed by atoms with Crippen molar-refractivity contribution in [1.29, 1.82) is 0 Å². The predicted molar refractivity (Wildman–Crippen MR) is 146 cm³/mol. The smallest absolute Gasteiger partial charge is 0.220 e. The first kappa shape index (κ1) is 31.2. The minimum atomic E-state index is -0.594. The van der Waals surface area contributed by atoms with Gasteiger partial charge in [0.25, 0.3) is 0 Å². The molecule has 37 heavy (non-hydrogen) atoms. The normalized spacial score (nSPS) is 25.4. The Balaban J connectivity index is 1.95. The topological polar surface area (TPSA) is 172 Å². The molecule has 14 heteroatoms. The monoisotopic (exact) mass is 540 g/mol. The zero-order valence-corrected chi connectivity index (χ0v) is 22.7. The fourth-order valence-corrected chi connectivity index (χ4v) is 4.52. The molecule has 0 atom stereocenters. The molecule has 0 radical (unpaired) electrons. The number of rotatable bonds is 10. The number of hydrogen-bond donors (Lipinski definition) is 9. The highest BCUT2D eigenvalue weighted by Crippen LogP contribution is 2.07. The fraction of sp³-hybridized carbons (Fsp3) is 0.826. The number of carbonyl (C=O) groups excluding carboxylic acids is 3. The van der Waals surface area contributed by atoms with Crippen LogP contribution in [-0.2, 0) is 14.4 Å². The summed E-state index contributed by atoms with van der Waals surface area (Å²) in [4.78, 5) is 40.7. The third kappa shape index (κ3) is 12.9. The lowest BCUT2D eigenvalue weighted by Crippen LogP contribution is -2.70. The van der Waals surface area contributed by atoms with Crippen molar-refractivity contribution in [2.24, 2.45) is 4.99 Å². The van der Waals surface area contributed by atoms with Gasteiger partial charge in [0.05, 0.1) is 22.8 Å². The van der Waals surface area contributed by atoms with E-state index in [1.807, 2.05) is 0 Å². The van der Waals surface area contributed by atoms with Crippen molar-refractivity contribution in [2.45, 2.75) is 43.7 Å².